The van der Waals surface area contributed by atoms with Crippen molar-refractivity contribution in [3.05, 3.63) is 60.2 Å². The molecule has 8 nitrogen and oxygen atoms in total. The van der Waals surface area contributed by atoms with Gasteiger partial charge in [0, 0.05) is 28.2 Å². The molecular weight excluding hydrogens is 378 g/mol. The van der Waals surface area contributed by atoms with E-state index in [0.29, 0.717) is 0 Å². The van der Waals surface area contributed by atoms with E-state index in [0.717, 1.165) is 22.7 Å². The molecular formula is C22H33N7O. The number of nitrogens with one attached hydrogen (secondary N) is 2. The quantitative estimate of drug-likeness (QED) is 0.414. The predicted molar refractivity (Wildman–Crippen MR) is 125 cm³/mol. The van der Waals surface area contributed by atoms with Crippen molar-refractivity contribution < 1.29 is 4.79 Å². The fourth-order valence-electron chi connectivity index (χ4n) is 2.66. The molecule has 0 aliphatic rings. The van der Waals surface area contributed by atoms with Gasteiger partial charge in [-0.05, 0) is 45.2 Å². The van der Waals surface area contributed by atoms with Crippen LogP contribution in [-0.4, -0.2) is 46.3 Å². The van der Waals surface area contributed by atoms with E-state index >= 15 is 0 Å². The summed E-state index contributed by atoms with van der Waals surface area (Å²) in [4.78, 5) is 18.7. The van der Waals surface area contributed by atoms with Gasteiger partial charge in [0.15, 0.2) is 0 Å². The number of imidazole rings is 2. The molecule has 0 fully saturated rings. The fraction of sp³-hybridized carbons (Fsp3) is 0.318. The van der Waals surface area contributed by atoms with Gasteiger partial charge in [-0.25, -0.2) is 14.8 Å². The number of nitrogens with zero attached hydrogens (tertiary/aromatic N) is 4. The zero-order valence-corrected chi connectivity index (χ0v) is 18.9. The second-order valence-corrected chi connectivity index (χ2v) is 6.24. The van der Waals surface area contributed by atoms with E-state index in [1.165, 1.54) is 18.1 Å². The van der Waals surface area contributed by atoms with Gasteiger partial charge in [0.2, 0.25) is 0 Å². The first-order chi connectivity index (χ1) is 14.4. The van der Waals surface area contributed by atoms with Gasteiger partial charge in [-0.15, -0.1) is 0 Å². The third kappa shape index (κ3) is 6.31. The van der Waals surface area contributed by atoms with Gasteiger partial charge in [0.1, 0.15) is 11.6 Å². The molecule has 0 aliphatic carbocycles. The molecule has 2 heterocycles. The molecule has 0 aliphatic heterocycles. The molecule has 2 aromatic heterocycles. The number of rotatable bonds is 0. The molecule has 0 saturated heterocycles. The second-order valence-electron chi connectivity index (χ2n) is 6.24. The van der Waals surface area contributed by atoms with Gasteiger partial charge >= 0.3 is 6.03 Å². The molecule has 4 rings (SSSR count). The number of nitrogens with two attached hydrogens (primary N) is 1. The first kappa shape index (κ1) is 24.6. The summed E-state index contributed by atoms with van der Waals surface area (Å²) in [6, 6.07) is 16.1. The highest BCUT2D eigenvalue weighted by Crippen LogP contribution is 2.13. The summed E-state index contributed by atoms with van der Waals surface area (Å²) >= 11 is 0. The SMILES string of the molecule is CN.CNC(=O)NC.Cc1nc2ccccc2n1C.Cc1nc2ccccc2n1C. The number of urea groups is 1. The minimum Gasteiger partial charge on any atom is -0.341 e. The zero-order valence-electron chi connectivity index (χ0n) is 18.9. The number of hydrogen-bond donors (Lipinski definition) is 3. The van der Waals surface area contributed by atoms with Crippen molar-refractivity contribution in [3.8, 4) is 0 Å². The Morgan fingerprint density at radius 3 is 1.37 bits per heavy atom. The smallest absolute Gasteiger partial charge is 0.314 e. The Balaban J connectivity index is 0.000000226. The first-order valence-electron chi connectivity index (χ1n) is 9.62. The highest BCUT2D eigenvalue weighted by molar-refractivity contribution is 5.76. The molecule has 162 valence electrons. The zero-order chi connectivity index (χ0) is 22.7. The Bertz CT molecular complexity index is 982. The van der Waals surface area contributed by atoms with Crippen molar-refractivity contribution in [3.63, 3.8) is 0 Å². The van der Waals surface area contributed by atoms with E-state index in [9.17, 15) is 4.79 Å². The van der Waals surface area contributed by atoms with Crippen LogP contribution in [0.15, 0.2) is 48.5 Å². The molecule has 2 amide bonds. The highest BCUT2D eigenvalue weighted by atomic mass is 16.2. The van der Waals surface area contributed by atoms with Crippen LogP contribution in [0.5, 0.6) is 0 Å². The number of para-hydroxylation sites is 4. The van der Waals surface area contributed by atoms with Crippen LogP contribution in [0.4, 0.5) is 4.79 Å². The van der Waals surface area contributed by atoms with Crippen molar-refractivity contribution in [2.24, 2.45) is 19.8 Å². The third-order valence-electron chi connectivity index (χ3n) is 4.48. The van der Waals surface area contributed by atoms with Crippen molar-refractivity contribution >= 4 is 28.1 Å². The van der Waals surface area contributed by atoms with Gasteiger partial charge < -0.3 is 25.5 Å². The summed E-state index contributed by atoms with van der Waals surface area (Å²) < 4.78 is 4.19. The molecule has 0 saturated carbocycles. The van der Waals surface area contributed by atoms with E-state index < -0.39 is 0 Å². The van der Waals surface area contributed by atoms with Crippen molar-refractivity contribution in [2.75, 3.05) is 21.1 Å². The molecule has 0 atom stereocenters. The Morgan fingerprint density at radius 1 is 0.767 bits per heavy atom. The van der Waals surface area contributed by atoms with Crippen molar-refractivity contribution in [1.29, 1.82) is 0 Å². The van der Waals surface area contributed by atoms with Crippen LogP contribution in [0.2, 0.25) is 0 Å². The molecule has 4 N–H and O–H groups in total. The first-order valence-corrected chi connectivity index (χ1v) is 9.62. The average molecular weight is 412 g/mol. The molecule has 0 radical (unpaired) electrons. The van der Waals surface area contributed by atoms with Crippen molar-refractivity contribution in [2.45, 2.75) is 13.8 Å². The number of amides is 2. The lowest BCUT2D eigenvalue weighted by Crippen LogP contribution is -2.28. The van der Waals surface area contributed by atoms with E-state index in [1.54, 1.807) is 14.1 Å². The number of carbonyl (C=O) groups excluding carboxylic acids is 1. The standard InChI is InChI=1S/2C9H10N2.C3H8N2O.CH5N/c2*1-7-10-8-5-3-4-6-9(8)11(7)2;1-4-3(6)5-2;1-2/h2*3-6H,1-2H3;1-2H3,(H2,4,5,6);2H2,1H3. The molecule has 0 bridgehead atoms. The summed E-state index contributed by atoms with van der Waals surface area (Å²) in [6.45, 7) is 4.03. The predicted octanol–water partition coefficient (Wildman–Crippen LogP) is 2.88. The largest absolute Gasteiger partial charge is 0.341 e. The van der Waals surface area contributed by atoms with Gasteiger partial charge in [-0.2, -0.15) is 0 Å². The summed E-state index contributed by atoms with van der Waals surface area (Å²) in [5.74, 6) is 2.12. The van der Waals surface area contributed by atoms with Crippen LogP contribution in [-0.2, 0) is 14.1 Å². The lowest BCUT2D eigenvalue weighted by molar-refractivity contribution is 0.245. The van der Waals surface area contributed by atoms with Crippen LogP contribution >= 0.6 is 0 Å². The minimum absolute atomic E-state index is 0.157. The summed E-state index contributed by atoms with van der Waals surface area (Å²) in [5.41, 5.74) is 9.05. The van der Waals surface area contributed by atoms with Crippen LogP contribution in [0.25, 0.3) is 22.1 Å². The third-order valence-corrected chi connectivity index (χ3v) is 4.48. The fourth-order valence-corrected chi connectivity index (χ4v) is 2.66. The number of benzene rings is 2. The van der Waals surface area contributed by atoms with E-state index in [4.69, 9.17) is 0 Å². The maximum absolute atomic E-state index is 9.96. The lowest BCUT2D eigenvalue weighted by Gasteiger charge is -1.93. The number of carbonyl (C=O) groups is 1. The van der Waals surface area contributed by atoms with Crippen LogP contribution in [0.1, 0.15) is 11.6 Å². The molecule has 2 aromatic carbocycles. The van der Waals surface area contributed by atoms with Crippen molar-refractivity contribution in [1.82, 2.24) is 29.7 Å². The van der Waals surface area contributed by atoms with E-state index in [2.05, 4.69) is 47.6 Å². The number of fused-ring (bicyclic) bond motifs is 2. The molecule has 4 aromatic rings. The molecule has 8 heteroatoms. The molecule has 0 spiro atoms. The van der Waals surface area contributed by atoms with Crippen LogP contribution in [0, 0.1) is 13.8 Å². The Kier molecular flexibility index (Phi) is 10.0. The number of hydrogen-bond acceptors (Lipinski definition) is 4. The summed E-state index contributed by atoms with van der Waals surface area (Å²) in [7, 11) is 8.70. The Hall–Kier alpha value is -3.39. The van der Waals surface area contributed by atoms with Gasteiger partial charge in [-0.1, -0.05) is 24.3 Å². The normalized spacial score (nSPS) is 9.47. The topological polar surface area (TPSA) is 103 Å². The minimum atomic E-state index is -0.157. The second kappa shape index (κ2) is 12.2. The maximum atomic E-state index is 9.96. The Morgan fingerprint density at radius 2 is 1.10 bits per heavy atom. The van der Waals surface area contributed by atoms with Gasteiger partial charge in [-0.3, -0.25) is 0 Å². The lowest BCUT2D eigenvalue weighted by atomic mass is 10.3. The monoisotopic (exact) mass is 411 g/mol. The Labute approximate surface area is 178 Å². The van der Waals surface area contributed by atoms with Gasteiger partial charge in [0.05, 0.1) is 22.1 Å². The molecule has 0 unspecified atom stereocenters. The maximum Gasteiger partial charge on any atom is 0.314 e. The van der Waals surface area contributed by atoms with E-state index in [-0.39, 0.29) is 6.03 Å². The van der Waals surface area contributed by atoms with Crippen LogP contribution < -0.4 is 16.4 Å². The van der Waals surface area contributed by atoms with Crippen LogP contribution in [0.3, 0.4) is 0 Å². The summed E-state index contributed by atoms with van der Waals surface area (Å²) in [5, 5.41) is 4.73. The number of aryl methyl sites for hydroxylation is 4. The van der Waals surface area contributed by atoms with Gasteiger partial charge in [0.25, 0.3) is 0 Å². The molecule has 30 heavy (non-hydrogen) atoms. The number of aromatic nitrogens is 4. The van der Waals surface area contributed by atoms with E-state index in [1.807, 2.05) is 64.3 Å². The summed E-state index contributed by atoms with van der Waals surface area (Å²) in [6.07, 6.45) is 0. The average Bonchev–Trinajstić information content (AvgIpc) is 3.25. The highest BCUT2D eigenvalue weighted by Gasteiger charge is 2.01.